The lowest BCUT2D eigenvalue weighted by molar-refractivity contribution is 0.624. The molecule has 2 aromatic rings. The molecule has 0 aliphatic heterocycles. The molecule has 20 heavy (non-hydrogen) atoms. The maximum absolute atomic E-state index is 13.1. The Morgan fingerprint density at radius 1 is 1.20 bits per heavy atom. The summed E-state index contributed by atoms with van der Waals surface area (Å²) < 4.78 is 13.1. The topological polar surface area (TPSA) is 25.8 Å². The van der Waals surface area contributed by atoms with Crippen molar-refractivity contribution in [2.75, 3.05) is 0 Å². The molecule has 106 valence electrons. The first-order valence-electron chi connectivity index (χ1n) is 6.07. The molecule has 0 N–H and O–H groups in total. The lowest BCUT2D eigenvalue weighted by Crippen LogP contribution is -2.01. The second-order valence-electron chi connectivity index (χ2n) is 4.54. The Morgan fingerprint density at radius 3 is 2.40 bits per heavy atom. The van der Waals surface area contributed by atoms with Gasteiger partial charge in [-0.15, -0.1) is 11.8 Å². The Labute approximate surface area is 131 Å². The molecule has 0 fully saturated rings. The summed E-state index contributed by atoms with van der Waals surface area (Å²) in [6.07, 6.45) is 0. The van der Waals surface area contributed by atoms with E-state index < -0.39 is 0 Å². The van der Waals surface area contributed by atoms with Crippen LogP contribution >= 0.6 is 35.0 Å². The van der Waals surface area contributed by atoms with Crippen LogP contribution < -0.4 is 0 Å². The first-order valence-corrected chi connectivity index (χ1v) is 7.81. The van der Waals surface area contributed by atoms with Crippen LogP contribution in [0.25, 0.3) is 0 Å². The monoisotopic (exact) mass is 330 g/mol. The second-order valence-corrected chi connectivity index (χ2v) is 6.30. The molecule has 6 heteroatoms. The van der Waals surface area contributed by atoms with Crippen molar-refractivity contribution in [1.82, 2.24) is 9.97 Å². The summed E-state index contributed by atoms with van der Waals surface area (Å²) in [5, 5.41) is 0.768. The van der Waals surface area contributed by atoms with Crippen LogP contribution in [0.1, 0.15) is 31.2 Å². The van der Waals surface area contributed by atoms with E-state index >= 15 is 0 Å². The van der Waals surface area contributed by atoms with Gasteiger partial charge in [0.05, 0.1) is 5.75 Å². The van der Waals surface area contributed by atoms with Crippen LogP contribution in [0.3, 0.4) is 0 Å². The van der Waals surface area contributed by atoms with Crippen molar-refractivity contribution in [1.29, 1.82) is 0 Å². The van der Waals surface area contributed by atoms with E-state index in [1.54, 1.807) is 6.07 Å². The molecule has 0 aliphatic carbocycles. The highest BCUT2D eigenvalue weighted by atomic mass is 35.5. The Kier molecular flexibility index (Phi) is 5.24. The minimum Gasteiger partial charge on any atom is -0.220 e. The minimum atomic E-state index is -0.262. The van der Waals surface area contributed by atoms with Crippen LogP contribution in [0.5, 0.6) is 0 Å². The number of hydrogen-bond acceptors (Lipinski definition) is 3. The molecule has 2 rings (SSSR count). The predicted octanol–water partition coefficient (Wildman–Crippen LogP) is 5.34. The van der Waals surface area contributed by atoms with Crippen molar-refractivity contribution in [3.05, 3.63) is 51.8 Å². The Balaban J connectivity index is 2.15. The van der Waals surface area contributed by atoms with E-state index in [4.69, 9.17) is 23.2 Å². The van der Waals surface area contributed by atoms with Crippen molar-refractivity contribution < 1.29 is 4.39 Å². The molecule has 0 atom stereocenters. The van der Waals surface area contributed by atoms with E-state index in [0.29, 0.717) is 21.9 Å². The summed E-state index contributed by atoms with van der Waals surface area (Å²) in [6.45, 7) is 3.97. The number of halogens is 3. The molecule has 1 heterocycles. The van der Waals surface area contributed by atoms with E-state index in [9.17, 15) is 4.39 Å². The number of thioether (sulfide) groups is 1. The van der Waals surface area contributed by atoms with Crippen molar-refractivity contribution in [3.8, 4) is 0 Å². The molecule has 0 unspecified atom stereocenters. The highest BCUT2D eigenvalue weighted by Crippen LogP contribution is 2.30. The number of nitrogens with zero attached hydrogens (tertiary/aromatic N) is 2. The normalized spacial score (nSPS) is 11.1. The number of hydrogen-bond donors (Lipinski definition) is 0. The fraction of sp³-hybridized carbons (Fsp3) is 0.286. The molecule has 0 radical (unpaired) electrons. The molecular weight excluding hydrogens is 318 g/mol. The van der Waals surface area contributed by atoms with Gasteiger partial charge in [-0.3, -0.25) is 0 Å². The van der Waals surface area contributed by atoms with Gasteiger partial charge in [-0.2, -0.15) is 0 Å². The zero-order valence-electron chi connectivity index (χ0n) is 11.0. The first-order chi connectivity index (χ1) is 9.47. The van der Waals surface area contributed by atoms with Gasteiger partial charge in [0.2, 0.25) is 0 Å². The summed E-state index contributed by atoms with van der Waals surface area (Å²) in [4.78, 5) is 9.31. The van der Waals surface area contributed by atoms with E-state index in [2.05, 4.69) is 9.97 Å². The van der Waals surface area contributed by atoms with Crippen molar-refractivity contribution in [3.63, 3.8) is 0 Å². The highest BCUT2D eigenvalue weighted by Gasteiger charge is 2.14. The van der Waals surface area contributed by atoms with Crippen LogP contribution in [-0.4, -0.2) is 9.97 Å². The lowest BCUT2D eigenvalue weighted by Gasteiger charge is -2.10. The fourth-order valence-electron chi connectivity index (χ4n) is 1.70. The van der Waals surface area contributed by atoms with Gasteiger partial charge in [0, 0.05) is 10.5 Å². The van der Waals surface area contributed by atoms with Gasteiger partial charge in [0.1, 0.15) is 21.9 Å². The summed E-state index contributed by atoms with van der Waals surface area (Å²) >= 11 is 13.7. The van der Waals surface area contributed by atoms with Crippen molar-refractivity contribution in [2.24, 2.45) is 0 Å². The molecule has 0 bridgehead atoms. The zero-order chi connectivity index (χ0) is 14.7. The van der Waals surface area contributed by atoms with Gasteiger partial charge < -0.3 is 0 Å². The first kappa shape index (κ1) is 15.5. The average molecular weight is 331 g/mol. The Bertz CT molecular complexity index is 597. The van der Waals surface area contributed by atoms with Gasteiger partial charge in [-0.1, -0.05) is 43.1 Å². The molecule has 0 saturated heterocycles. The largest absolute Gasteiger partial charge is 0.220 e. The van der Waals surface area contributed by atoms with Crippen LogP contribution in [0.15, 0.2) is 29.2 Å². The number of rotatable bonds is 4. The molecular formula is C14H13Cl2FN2S. The Morgan fingerprint density at radius 2 is 1.85 bits per heavy atom. The van der Waals surface area contributed by atoms with Crippen molar-refractivity contribution in [2.45, 2.75) is 30.4 Å². The maximum atomic E-state index is 13.1. The zero-order valence-corrected chi connectivity index (χ0v) is 13.4. The van der Waals surface area contributed by atoms with Gasteiger partial charge in [-0.05, 0) is 24.1 Å². The molecule has 1 aromatic heterocycles. The average Bonchev–Trinajstić information content (AvgIpc) is 2.35. The Hall–Kier alpha value is -0.840. The molecule has 0 amide bonds. The van der Waals surface area contributed by atoms with E-state index in [0.717, 1.165) is 10.5 Å². The van der Waals surface area contributed by atoms with E-state index in [1.165, 1.54) is 23.9 Å². The summed E-state index contributed by atoms with van der Waals surface area (Å²) in [5.74, 6) is 0.932. The highest BCUT2D eigenvalue weighted by molar-refractivity contribution is 7.98. The van der Waals surface area contributed by atoms with Crippen LogP contribution in [0.4, 0.5) is 4.39 Å². The van der Waals surface area contributed by atoms with E-state index in [-0.39, 0.29) is 11.7 Å². The molecule has 0 spiro atoms. The smallest absolute Gasteiger partial charge is 0.142 e. The maximum Gasteiger partial charge on any atom is 0.142 e. The third kappa shape index (κ3) is 3.84. The van der Waals surface area contributed by atoms with Crippen LogP contribution in [0.2, 0.25) is 10.3 Å². The van der Waals surface area contributed by atoms with Crippen molar-refractivity contribution >= 4 is 35.0 Å². The molecule has 0 saturated carbocycles. The van der Waals surface area contributed by atoms with Crippen LogP contribution in [0, 0.1) is 5.82 Å². The fourth-order valence-corrected chi connectivity index (χ4v) is 3.36. The summed E-state index contributed by atoms with van der Waals surface area (Å²) in [7, 11) is 0. The standard InChI is InChI=1S/C14H13Cl2FN2S/c1-8(2)12-13(15)18-11(19-14(12)16)7-20-10-5-3-4-9(17)6-10/h3-6,8H,7H2,1-2H3. The van der Waals surface area contributed by atoms with Gasteiger partial charge in [0.15, 0.2) is 0 Å². The third-order valence-electron chi connectivity index (χ3n) is 2.64. The molecule has 0 aliphatic rings. The minimum absolute atomic E-state index is 0.167. The van der Waals surface area contributed by atoms with Gasteiger partial charge in [0.25, 0.3) is 0 Å². The number of benzene rings is 1. The quantitative estimate of drug-likeness (QED) is 0.559. The third-order valence-corrected chi connectivity index (χ3v) is 4.21. The molecule has 1 aromatic carbocycles. The van der Waals surface area contributed by atoms with E-state index in [1.807, 2.05) is 19.9 Å². The van der Waals surface area contributed by atoms with Gasteiger partial charge in [-0.25, -0.2) is 14.4 Å². The lowest BCUT2D eigenvalue weighted by atomic mass is 10.1. The van der Waals surface area contributed by atoms with Crippen LogP contribution in [-0.2, 0) is 5.75 Å². The molecule has 2 nitrogen and oxygen atoms in total. The second kappa shape index (κ2) is 6.74. The number of aromatic nitrogens is 2. The summed E-state index contributed by atoms with van der Waals surface area (Å²) in [5.41, 5.74) is 0.757. The predicted molar refractivity (Wildman–Crippen MR) is 82.1 cm³/mol. The van der Waals surface area contributed by atoms with Gasteiger partial charge >= 0.3 is 0 Å². The summed E-state index contributed by atoms with van der Waals surface area (Å²) in [6, 6.07) is 6.38. The SMILES string of the molecule is CC(C)c1c(Cl)nc(CSc2cccc(F)c2)nc1Cl.